The fourth-order valence-corrected chi connectivity index (χ4v) is 3.56. The standard InChI is InChI=1S/C18H22N6/c1-20-12-4-3-9-24(11-12)15-6-8-22-18-16(15)13(10-23-18)17-14(19)5-2-7-21-17/h2,5-8,10,12,20H,3-4,9,11,19H2,1H3,(H,22,23). The minimum absolute atomic E-state index is 0.518. The Labute approximate surface area is 141 Å². The fourth-order valence-electron chi connectivity index (χ4n) is 3.56. The topological polar surface area (TPSA) is 82.9 Å². The number of H-pyrrole nitrogens is 1. The van der Waals surface area contributed by atoms with Crippen LogP contribution in [-0.4, -0.2) is 41.1 Å². The Bertz CT molecular complexity index is 856. The maximum absolute atomic E-state index is 6.15. The van der Waals surface area contributed by atoms with Gasteiger partial charge in [-0.25, -0.2) is 4.98 Å². The van der Waals surface area contributed by atoms with E-state index in [1.165, 1.54) is 18.5 Å². The van der Waals surface area contributed by atoms with Gasteiger partial charge in [0.1, 0.15) is 5.65 Å². The lowest BCUT2D eigenvalue weighted by Gasteiger charge is -2.34. The average Bonchev–Trinajstić information content (AvgIpc) is 3.06. The Hall–Kier alpha value is -2.60. The first-order valence-electron chi connectivity index (χ1n) is 8.37. The second-order valence-electron chi connectivity index (χ2n) is 6.27. The minimum atomic E-state index is 0.518. The van der Waals surface area contributed by atoms with Gasteiger partial charge in [-0.05, 0) is 38.1 Å². The van der Waals surface area contributed by atoms with Crippen LogP contribution in [0.2, 0.25) is 0 Å². The molecular weight excluding hydrogens is 300 g/mol. The molecule has 1 aliphatic rings. The molecule has 6 heteroatoms. The van der Waals surface area contributed by atoms with Crippen LogP contribution in [0.1, 0.15) is 12.8 Å². The zero-order valence-electron chi connectivity index (χ0n) is 13.8. The van der Waals surface area contributed by atoms with E-state index >= 15 is 0 Å². The van der Waals surface area contributed by atoms with Crippen molar-refractivity contribution in [3.63, 3.8) is 0 Å². The number of piperidine rings is 1. The highest BCUT2D eigenvalue weighted by atomic mass is 15.2. The summed E-state index contributed by atoms with van der Waals surface area (Å²) in [4.78, 5) is 14.7. The highest BCUT2D eigenvalue weighted by molar-refractivity contribution is 6.03. The van der Waals surface area contributed by atoms with E-state index in [2.05, 4.69) is 31.2 Å². The Kier molecular flexibility index (Phi) is 3.82. The Balaban J connectivity index is 1.85. The van der Waals surface area contributed by atoms with E-state index in [4.69, 9.17) is 5.73 Å². The molecular formula is C18H22N6. The van der Waals surface area contributed by atoms with Crippen molar-refractivity contribution in [1.29, 1.82) is 0 Å². The second-order valence-corrected chi connectivity index (χ2v) is 6.27. The number of nitrogens with one attached hydrogen (secondary N) is 2. The molecule has 1 aliphatic heterocycles. The first kappa shape index (κ1) is 15.0. The van der Waals surface area contributed by atoms with E-state index in [0.717, 1.165) is 35.4 Å². The van der Waals surface area contributed by atoms with E-state index in [9.17, 15) is 0 Å². The van der Waals surface area contributed by atoms with Gasteiger partial charge in [0.2, 0.25) is 0 Å². The van der Waals surface area contributed by atoms with Gasteiger partial charge in [-0.3, -0.25) is 4.98 Å². The maximum atomic E-state index is 6.15. The zero-order valence-corrected chi connectivity index (χ0v) is 13.8. The van der Waals surface area contributed by atoms with Crippen LogP contribution < -0.4 is 16.0 Å². The predicted octanol–water partition coefficient (Wildman–Crippen LogP) is 2.40. The van der Waals surface area contributed by atoms with Gasteiger partial charge in [0.15, 0.2) is 0 Å². The van der Waals surface area contributed by atoms with Gasteiger partial charge >= 0.3 is 0 Å². The van der Waals surface area contributed by atoms with E-state index < -0.39 is 0 Å². The zero-order chi connectivity index (χ0) is 16.5. The highest BCUT2D eigenvalue weighted by Gasteiger charge is 2.23. The molecule has 1 atom stereocenters. The van der Waals surface area contributed by atoms with Crippen LogP contribution in [0, 0.1) is 0 Å². The van der Waals surface area contributed by atoms with Crippen LogP contribution in [0.3, 0.4) is 0 Å². The molecule has 0 saturated carbocycles. The van der Waals surface area contributed by atoms with E-state index in [1.807, 2.05) is 31.6 Å². The van der Waals surface area contributed by atoms with Gasteiger partial charge in [0, 0.05) is 43.3 Å². The second kappa shape index (κ2) is 6.13. The molecule has 0 aromatic carbocycles. The smallest absolute Gasteiger partial charge is 0.140 e. The quantitative estimate of drug-likeness (QED) is 0.690. The largest absolute Gasteiger partial charge is 0.397 e. The van der Waals surface area contributed by atoms with Gasteiger partial charge in [0.05, 0.1) is 22.5 Å². The summed E-state index contributed by atoms with van der Waals surface area (Å²) in [6.45, 7) is 2.05. The van der Waals surface area contributed by atoms with Crippen LogP contribution in [0.25, 0.3) is 22.3 Å². The van der Waals surface area contributed by atoms with Crippen molar-refractivity contribution < 1.29 is 0 Å². The van der Waals surface area contributed by atoms with Gasteiger partial charge in [-0.2, -0.15) is 0 Å². The molecule has 6 nitrogen and oxygen atoms in total. The number of anilines is 2. The van der Waals surface area contributed by atoms with Gasteiger partial charge in [0.25, 0.3) is 0 Å². The molecule has 4 N–H and O–H groups in total. The summed E-state index contributed by atoms with van der Waals surface area (Å²) in [5.41, 5.74) is 10.7. The molecule has 1 unspecified atom stereocenters. The molecule has 1 fully saturated rings. The molecule has 3 aromatic rings. The summed E-state index contributed by atoms with van der Waals surface area (Å²) >= 11 is 0. The van der Waals surface area contributed by atoms with Gasteiger partial charge < -0.3 is 20.9 Å². The van der Waals surface area contributed by atoms with Crippen molar-refractivity contribution in [2.75, 3.05) is 30.8 Å². The lowest BCUT2D eigenvalue weighted by atomic mass is 10.0. The molecule has 0 spiro atoms. The number of nitrogen functional groups attached to an aromatic ring is 1. The summed E-state index contributed by atoms with van der Waals surface area (Å²) in [5.74, 6) is 0. The lowest BCUT2D eigenvalue weighted by molar-refractivity contribution is 0.450. The molecule has 3 aromatic heterocycles. The summed E-state index contributed by atoms with van der Waals surface area (Å²) < 4.78 is 0. The number of hydrogen-bond acceptors (Lipinski definition) is 5. The summed E-state index contributed by atoms with van der Waals surface area (Å²) in [6.07, 6.45) is 8.00. The van der Waals surface area contributed by atoms with Crippen molar-refractivity contribution in [2.45, 2.75) is 18.9 Å². The number of aromatic nitrogens is 3. The van der Waals surface area contributed by atoms with Crippen LogP contribution in [0.4, 0.5) is 11.4 Å². The maximum Gasteiger partial charge on any atom is 0.140 e. The van der Waals surface area contributed by atoms with Crippen molar-refractivity contribution in [3.05, 3.63) is 36.8 Å². The highest BCUT2D eigenvalue weighted by Crippen LogP contribution is 2.36. The Morgan fingerprint density at radius 3 is 3.04 bits per heavy atom. The third-order valence-electron chi connectivity index (χ3n) is 4.82. The Morgan fingerprint density at radius 2 is 2.21 bits per heavy atom. The number of hydrogen-bond donors (Lipinski definition) is 3. The molecule has 0 aliphatic carbocycles. The van der Waals surface area contributed by atoms with Crippen molar-refractivity contribution in [2.24, 2.45) is 0 Å². The SMILES string of the molecule is CNC1CCCN(c2ccnc3[nH]cc(-c4ncccc4N)c23)C1. The predicted molar refractivity (Wildman–Crippen MR) is 98.0 cm³/mol. The fraction of sp³-hybridized carbons (Fsp3) is 0.333. The summed E-state index contributed by atoms with van der Waals surface area (Å²) in [5, 5.41) is 4.50. The van der Waals surface area contributed by atoms with Crippen molar-refractivity contribution >= 4 is 22.4 Å². The van der Waals surface area contributed by atoms with Gasteiger partial charge in [-0.15, -0.1) is 0 Å². The molecule has 0 radical (unpaired) electrons. The normalized spacial score (nSPS) is 18.2. The van der Waals surface area contributed by atoms with Crippen LogP contribution in [0.15, 0.2) is 36.8 Å². The molecule has 1 saturated heterocycles. The molecule has 124 valence electrons. The Morgan fingerprint density at radius 1 is 1.29 bits per heavy atom. The van der Waals surface area contributed by atoms with Crippen molar-refractivity contribution in [3.8, 4) is 11.3 Å². The number of pyridine rings is 2. The number of nitrogens with zero attached hydrogens (tertiary/aromatic N) is 3. The number of likely N-dealkylation sites (N-methyl/N-ethyl adjacent to an activating group) is 1. The van der Waals surface area contributed by atoms with E-state index in [0.29, 0.717) is 11.7 Å². The van der Waals surface area contributed by atoms with Crippen molar-refractivity contribution in [1.82, 2.24) is 20.3 Å². The molecule has 24 heavy (non-hydrogen) atoms. The molecule has 0 amide bonds. The van der Waals surface area contributed by atoms with Crippen LogP contribution in [-0.2, 0) is 0 Å². The van der Waals surface area contributed by atoms with Gasteiger partial charge in [-0.1, -0.05) is 0 Å². The number of fused-ring (bicyclic) bond motifs is 1. The van der Waals surface area contributed by atoms with E-state index in [-0.39, 0.29) is 0 Å². The molecule has 4 heterocycles. The summed E-state index contributed by atoms with van der Waals surface area (Å²) in [6, 6.07) is 6.35. The monoisotopic (exact) mass is 322 g/mol. The summed E-state index contributed by atoms with van der Waals surface area (Å²) in [7, 11) is 2.03. The number of rotatable bonds is 3. The molecule has 4 rings (SSSR count). The number of nitrogens with two attached hydrogens (primary N) is 1. The average molecular weight is 322 g/mol. The number of aromatic amines is 1. The molecule has 0 bridgehead atoms. The third kappa shape index (κ3) is 2.49. The third-order valence-corrected chi connectivity index (χ3v) is 4.82. The first-order chi connectivity index (χ1) is 11.8. The van der Waals surface area contributed by atoms with Crippen LogP contribution >= 0.6 is 0 Å². The first-order valence-corrected chi connectivity index (χ1v) is 8.37. The van der Waals surface area contributed by atoms with Crippen LogP contribution in [0.5, 0.6) is 0 Å². The van der Waals surface area contributed by atoms with E-state index in [1.54, 1.807) is 6.20 Å². The lowest BCUT2D eigenvalue weighted by Crippen LogP contribution is -2.44. The minimum Gasteiger partial charge on any atom is -0.397 e.